The topological polar surface area (TPSA) is 47.6 Å². The van der Waals surface area contributed by atoms with Crippen molar-refractivity contribution in [3.8, 4) is 0 Å². The SMILES string of the molecule is CCCCCNC1=CC2=NCc3cc(CC)sc3[N+](O)=C2CC1. The molecule has 0 fully saturated rings. The van der Waals surface area contributed by atoms with E-state index >= 15 is 0 Å². The smallest absolute Gasteiger partial charge is 0.317 e. The summed E-state index contributed by atoms with van der Waals surface area (Å²) < 4.78 is 1.38. The van der Waals surface area contributed by atoms with Crippen molar-refractivity contribution in [2.24, 2.45) is 4.99 Å². The third-order valence-electron chi connectivity index (χ3n) is 4.42. The zero-order valence-electron chi connectivity index (χ0n) is 14.1. The highest BCUT2D eigenvalue weighted by Gasteiger charge is 2.32. The molecule has 4 nitrogen and oxygen atoms in total. The minimum Gasteiger partial charge on any atom is -0.388 e. The Morgan fingerprint density at radius 1 is 1.30 bits per heavy atom. The molecule has 1 aromatic heterocycles. The van der Waals surface area contributed by atoms with Crippen LogP contribution in [0.2, 0.25) is 0 Å². The molecular weight excluding hydrogens is 306 g/mol. The Balaban J connectivity index is 1.79. The Labute approximate surface area is 142 Å². The van der Waals surface area contributed by atoms with Crippen LogP contribution in [0.15, 0.2) is 22.8 Å². The maximum atomic E-state index is 10.7. The summed E-state index contributed by atoms with van der Waals surface area (Å²) in [5.41, 5.74) is 4.25. The molecule has 23 heavy (non-hydrogen) atoms. The predicted octanol–water partition coefficient (Wildman–Crippen LogP) is 4.20. The number of nitrogens with zero attached hydrogens (tertiary/aromatic N) is 2. The molecule has 5 heteroatoms. The molecule has 0 aromatic carbocycles. The van der Waals surface area contributed by atoms with Gasteiger partial charge < -0.3 is 5.32 Å². The van der Waals surface area contributed by atoms with Crippen LogP contribution in [-0.4, -0.2) is 27.9 Å². The lowest BCUT2D eigenvalue weighted by molar-refractivity contribution is -0.710. The fourth-order valence-electron chi connectivity index (χ4n) is 3.05. The maximum Gasteiger partial charge on any atom is 0.317 e. The number of fused-ring (bicyclic) bond motifs is 2. The molecule has 0 unspecified atom stereocenters. The summed E-state index contributed by atoms with van der Waals surface area (Å²) in [6, 6.07) is 2.18. The second-order valence-electron chi connectivity index (χ2n) is 6.16. The van der Waals surface area contributed by atoms with Gasteiger partial charge in [-0.15, -0.1) is 0 Å². The van der Waals surface area contributed by atoms with E-state index in [1.54, 1.807) is 11.3 Å². The van der Waals surface area contributed by atoms with E-state index in [0.717, 1.165) is 47.8 Å². The van der Waals surface area contributed by atoms with Crippen molar-refractivity contribution < 1.29 is 9.95 Å². The predicted molar refractivity (Wildman–Crippen MR) is 96.4 cm³/mol. The number of allylic oxidation sites excluding steroid dienone is 2. The van der Waals surface area contributed by atoms with Crippen LogP contribution in [0, 0.1) is 0 Å². The van der Waals surface area contributed by atoms with Crippen molar-refractivity contribution in [1.29, 1.82) is 0 Å². The summed E-state index contributed by atoms with van der Waals surface area (Å²) in [6.45, 7) is 6.05. The first-order valence-electron chi connectivity index (χ1n) is 8.68. The van der Waals surface area contributed by atoms with Crippen molar-refractivity contribution in [1.82, 2.24) is 5.32 Å². The van der Waals surface area contributed by atoms with Gasteiger partial charge in [0, 0.05) is 28.3 Å². The van der Waals surface area contributed by atoms with Crippen molar-refractivity contribution in [3.63, 3.8) is 0 Å². The molecule has 0 saturated carbocycles. The van der Waals surface area contributed by atoms with Gasteiger partial charge in [-0.1, -0.05) is 38.0 Å². The Morgan fingerprint density at radius 3 is 2.96 bits per heavy atom. The Kier molecular flexibility index (Phi) is 5.16. The van der Waals surface area contributed by atoms with Crippen LogP contribution in [0.1, 0.15) is 56.4 Å². The van der Waals surface area contributed by atoms with E-state index < -0.39 is 0 Å². The number of nitrogens with one attached hydrogen (secondary N) is 1. The molecule has 124 valence electrons. The van der Waals surface area contributed by atoms with E-state index in [1.165, 1.54) is 34.6 Å². The average Bonchev–Trinajstić information content (AvgIpc) is 2.95. The lowest BCUT2D eigenvalue weighted by Crippen LogP contribution is -2.28. The number of unbranched alkanes of at least 4 members (excludes halogenated alkanes) is 2. The first kappa shape index (κ1) is 16.2. The minimum absolute atomic E-state index is 0.654. The minimum atomic E-state index is 0.654. The van der Waals surface area contributed by atoms with Gasteiger partial charge in [-0.25, -0.2) is 0 Å². The molecule has 1 aromatic rings. The van der Waals surface area contributed by atoms with Gasteiger partial charge in [0.05, 0.1) is 12.1 Å². The standard InChI is InChI=1S/C18H26N3OS/c1-3-5-6-9-19-14-7-8-17-16(11-14)20-12-13-10-15(4-2)23-18(13)21(17)22/h10-11,19,22H,3-9,12H2,1-2H3/q+1. The molecule has 2 N–H and O–H groups in total. The number of aliphatic imine (C=N–C) groups is 1. The lowest BCUT2D eigenvalue weighted by Gasteiger charge is -2.15. The quantitative estimate of drug-likeness (QED) is 0.466. The molecular formula is C18H26N3OS+. The van der Waals surface area contributed by atoms with Gasteiger partial charge in [0.2, 0.25) is 0 Å². The molecule has 0 bridgehead atoms. The molecule has 0 atom stereocenters. The zero-order valence-corrected chi connectivity index (χ0v) is 14.9. The highest BCUT2D eigenvalue weighted by atomic mass is 32.1. The van der Waals surface area contributed by atoms with Gasteiger partial charge in [0.15, 0.2) is 0 Å². The molecule has 1 aliphatic heterocycles. The third kappa shape index (κ3) is 3.50. The Morgan fingerprint density at radius 2 is 2.17 bits per heavy atom. The lowest BCUT2D eigenvalue weighted by atomic mass is 10.00. The van der Waals surface area contributed by atoms with Gasteiger partial charge in [0.25, 0.3) is 5.71 Å². The van der Waals surface area contributed by atoms with Crippen LogP contribution < -0.4 is 5.32 Å². The molecule has 2 heterocycles. The fraction of sp³-hybridized carbons (Fsp3) is 0.556. The second kappa shape index (κ2) is 7.30. The highest BCUT2D eigenvalue weighted by Crippen LogP contribution is 2.33. The Bertz CT molecular complexity index is 670. The summed E-state index contributed by atoms with van der Waals surface area (Å²) in [5.74, 6) is 0. The molecule has 0 amide bonds. The summed E-state index contributed by atoms with van der Waals surface area (Å²) in [5, 5.41) is 15.1. The summed E-state index contributed by atoms with van der Waals surface area (Å²) in [6.07, 6.45) is 8.62. The first-order chi connectivity index (χ1) is 11.2. The van der Waals surface area contributed by atoms with Crippen LogP contribution in [0.25, 0.3) is 0 Å². The van der Waals surface area contributed by atoms with Gasteiger partial charge in [-0.3, -0.25) is 10.2 Å². The van der Waals surface area contributed by atoms with E-state index in [2.05, 4.69) is 31.3 Å². The Hall–Kier alpha value is -1.62. The third-order valence-corrected chi connectivity index (χ3v) is 5.72. The molecule has 0 spiro atoms. The fourth-order valence-corrected chi connectivity index (χ4v) is 4.10. The maximum absolute atomic E-state index is 10.7. The van der Waals surface area contributed by atoms with Crippen LogP contribution in [0.5, 0.6) is 0 Å². The van der Waals surface area contributed by atoms with Gasteiger partial charge in [0.1, 0.15) is 5.71 Å². The zero-order chi connectivity index (χ0) is 16.2. The van der Waals surface area contributed by atoms with E-state index in [4.69, 9.17) is 4.99 Å². The molecule has 0 saturated heterocycles. The normalized spacial score (nSPS) is 17.1. The largest absolute Gasteiger partial charge is 0.388 e. The van der Waals surface area contributed by atoms with Crippen molar-refractivity contribution in [2.75, 3.05) is 6.54 Å². The number of hydrogen-bond acceptors (Lipinski definition) is 4. The van der Waals surface area contributed by atoms with E-state index in [1.807, 2.05) is 0 Å². The second-order valence-corrected chi connectivity index (χ2v) is 7.28. The van der Waals surface area contributed by atoms with Crippen LogP contribution in [0.4, 0.5) is 5.00 Å². The molecule has 0 radical (unpaired) electrons. The van der Waals surface area contributed by atoms with Crippen LogP contribution >= 0.6 is 11.3 Å². The van der Waals surface area contributed by atoms with Gasteiger partial charge >= 0.3 is 5.00 Å². The van der Waals surface area contributed by atoms with E-state index in [9.17, 15) is 5.21 Å². The first-order valence-corrected chi connectivity index (χ1v) is 9.50. The van der Waals surface area contributed by atoms with Gasteiger partial charge in [-0.05, 0) is 31.4 Å². The number of thiophene rings is 1. The van der Waals surface area contributed by atoms with Crippen LogP contribution in [-0.2, 0) is 13.0 Å². The van der Waals surface area contributed by atoms with Crippen molar-refractivity contribution in [2.45, 2.75) is 58.9 Å². The van der Waals surface area contributed by atoms with Crippen LogP contribution in [0.3, 0.4) is 0 Å². The van der Waals surface area contributed by atoms with Gasteiger partial charge in [-0.2, -0.15) is 0 Å². The molecule has 3 rings (SSSR count). The van der Waals surface area contributed by atoms with E-state index in [-0.39, 0.29) is 0 Å². The number of hydrogen-bond donors (Lipinski definition) is 2. The summed E-state index contributed by atoms with van der Waals surface area (Å²) >= 11 is 1.68. The number of aryl methyl sites for hydroxylation is 1. The van der Waals surface area contributed by atoms with Crippen molar-refractivity contribution in [3.05, 3.63) is 28.3 Å². The monoisotopic (exact) mass is 332 g/mol. The highest BCUT2D eigenvalue weighted by molar-refractivity contribution is 7.15. The summed E-state index contributed by atoms with van der Waals surface area (Å²) in [4.78, 5) is 6.05. The van der Waals surface area contributed by atoms with Crippen molar-refractivity contribution >= 4 is 27.8 Å². The molecule has 2 aliphatic rings. The number of rotatable bonds is 6. The average molecular weight is 332 g/mol. The van der Waals surface area contributed by atoms with E-state index in [0.29, 0.717) is 6.54 Å². The summed E-state index contributed by atoms with van der Waals surface area (Å²) in [7, 11) is 0. The molecule has 1 aliphatic carbocycles.